The fourth-order valence-corrected chi connectivity index (χ4v) is 8.36. The molecule has 0 N–H and O–H groups in total. The molecule has 0 saturated carbocycles. The molecule has 0 unspecified atom stereocenters. The summed E-state index contributed by atoms with van der Waals surface area (Å²) < 4.78 is 6.49. The van der Waals surface area contributed by atoms with Gasteiger partial charge in [0.05, 0.1) is 11.6 Å². The first-order valence-corrected chi connectivity index (χ1v) is 20.9. The van der Waals surface area contributed by atoms with Crippen molar-refractivity contribution in [3.05, 3.63) is 224 Å². The average molecular weight is 805 g/mol. The minimum absolute atomic E-state index is 0.565. The van der Waals surface area contributed by atoms with Crippen LogP contribution in [-0.4, -0.2) is 15.0 Å². The van der Waals surface area contributed by atoms with Crippen LogP contribution >= 0.6 is 0 Å². The highest BCUT2D eigenvalue weighted by Crippen LogP contribution is 2.40. The van der Waals surface area contributed by atoms with Crippen molar-refractivity contribution < 1.29 is 4.42 Å². The number of hydrogen-bond donors (Lipinski definition) is 0. The minimum atomic E-state index is 0.565. The zero-order valence-corrected chi connectivity index (χ0v) is 34.0. The molecule has 0 amide bonds. The Hall–Kier alpha value is -8.72. The van der Waals surface area contributed by atoms with Gasteiger partial charge in [-0.2, -0.15) is 5.26 Å². The summed E-state index contributed by atoms with van der Waals surface area (Å²) in [6.45, 7) is 0. The highest BCUT2D eigenvalue weighted by atomic mass is 16.3. The number of nitrogens with zero attached hydrogens (tertiary/aromatic N) is 4. The zero-order valence-electron chi connectivity index (χ0n) is 34.0. The van der Waals surface area contributed by atoms with E-state index in [1.54, 1.807) is 0 Å². The van der Waals surface area contributed by atoms with Crippen molar-refractivity contribution in [3.8, 4) is 95.9 Å². The molecule has 0 radical (unpaired) electrons. The quantitative estimate of drug-likeness (QED) is 0.153. The van der Waals surface area contributed by atoms with Crippen LogP contribution in [0.2, 0.25) is 0 Å². The van der Waals surface area contributed by atoms with Crippen molar-refractivity contribution >= 4 is 21.9 Å². The molecule has 0 saturated heterocycles. The Morgan fingerprint density at radius 1 is 0.317 bits per heavy atom. The van der Waals surface area contributed by atoms with Crippen molar-refractivity contribution in [2.24, 2.45) is 0 Å². The molecule has 0 bridgehead atoms. The first-order chi connectivity index (χ1) is 31.1. The summed E-state index contributed by atoms with van der Waals surface area (Å²) in [5.41, 5.74) is 15.7. The Morgan fingerprint density at radius 3 is 1.35 bits per heavy atom. The van der Waals surface area contributed by atoms with Crippen LogP contribution in [0.1, 0.15) is 5.56 Å². The van der Waals surface area contributed by atoms with Gasteiger partial charge in [-0.25, -0.2) is 15.0 Å². The number of aromatic nitrogens is 3. The van der Waals surface area contributed by atoms with Crippen LogP contribution in [0.5, 0.6) is 0 Å². The number of rotatable bonds is 8. The van der Waals surface area contributed by atoms with Gasteiger partial charge >= 0.3 is 0 Å². The van der Waals surface area contributed by atoms with Crippen molar-refractivity contribution in [3.63, 3.8) is 0 Å². The second-order valence-corrected chi connectivity index (χ2v) is 15.5. The van der Waals surface area contributed by atoms with Gasteiger partial charge in [0.25, 0.3) is 0 Å². The monoisotopic (exact) mass is 804 g/mol. The Balaban J connectivity index is 1.05. The lowest BCUT2D eigenvalue weighted by Crippen LogP contribution is -2.00. The summed E-state index contributed by atoms with van der Waals surface area (Å²) in [6, 6.07) is 77.1. The van der Waals surface area contributed by atoms with Gasteiger partial charge in [0.15, 0.2) is 17.5 Å². The Kier molecular flexibility index (Phi) is 9.50. The summed E-state index contributed by atoms with van der Waals surface area (Å²) in [5, 5.41) is 11.5. The van der Waals surface area contributed by atoms with Gasteiger partial charge in [-0.1, -0.05) is 164 Å². The predicted molar refractivity (Wildman–Crippen MR) is 255 cm³/mol. The van der Waals surface area contributed by atoms with Gasteiger partial charge in [0.2, 0.25) is 0 Å². The molecule has 0 aliphatic rings. The molecule has 0 aliphatic carbocycles. The van der Waals surface area contributed by atoms with E-state index in [0.29, 0.717) is 23.0 Å². The van der Waals surface area contributed by atoms with Crippen molar-refractivity contribution in [1.82, 2.24) is 15.0 Å². The molecule has 0 atom stereocenters. The van der Waals surface area contributed by atoms with Crippen molar-refractivity contribution in [2.75, 3.05) is 0 Å². The van der Waals surface area contributed by atoms with Crippen LogP contribution < -0.4 is 0 Å². The van der Waals surface area contributed by atoms with Crippen LogP contribution in [0, 0.1) is 11.3 Å². The van der Waals surface area contributed by atoms with E-state index in [9.17, 15) is 5.26 Å². The van der Waals surface area contributed by atoms with E-state index in [1.165, 1.54) is 5.56 Å². The topological polar surface area (TPSA) is 75.6 Å². The maximum Gasteiger partial charge on any atom is 0.164 e. The van der Waals surface area contributed by atoms with E-state index in [0.717, 1.165) is 88.7 Å². The van der Waals surface area contributed by atoms with E-state index in [-0.39, 0.29) is 0 Å². The zero-order chi connectivity index (χ0) is 42.1. The van der Waals surface area contributed by atoms with Gasteiger partial charge < -0.3 is 4.42 Å². The minimum Gasteiger partial charge on any atom is -0.456 e. The molecule has 2 heterocycles. The second kappa shape index (κ2) is 16.0. The Labute approximate surface area is 364 Å². The molecular weight excluding hydrogens is 769 g/mol. The standard InChI is InChI=1S/C58H36N4O/c59-37-38-23-25-41(26-24-38)47-32-48(34-49(33-47)46-20-12-19-45(31-46)39-13-4-1-5-14-39)42-27-29-44(30-28-42)57-60-56(43-17-8-3-9-18-43)61-58(62-57)52-35-50(40-15-6-2-7-16-40)36-54-55(52)51-21-10-11-22-53(51)63-54/h1-36H. The fraction of sp³-hybridized carbons (Fsp3) is 0. The van der Waals surface area contributed by atoms with Crippen LogP contribution in [0.15, 0.2) is 223 Å². The van der Waals surface area contributed by atoms with Gasteiger partial charge in [-0.3, -0.25) is 0 Å². The molecule has 63 heavy (non-hydrogen) atoms. The highest BCUT2D eigenvalue weighted by molar-refractivity contribution is 6.13. The third-order valence-corrected chi connectivity index (χ3v) is 11.6. The molecule has 0 spiro atoms. The molecular formula is C58H36N4O. The number of hydrogen-bond acceptors (Lipinski definition) is 5. The van der Waals surface area contributed by atoms with Crippen molar-refractivity contribution in [1.29, 1.82) is 5.26 Å². The van der Waals surface area contributed by atoms with Crippen molar-refractivity contribution in [2.45, 2.75) is 0 Å². The molecule has 5 heteroatoms. The van der Waals surface area contributed by atoms with E-state index in [4.69, 9.17) is 19.4 Å². The third kappa shape index (κ3) is 7.33. The summed E-state index contributed by atoms with van der Waals surface area (Å²) in [5.74, 6) is 1.72. The van der Waals surface area contributed by atoms with Gasteiger partial charge in [0, 0.05) is 27.5 Å². The molecule has 9 aromatic carbocycles. The van der Waals surface area contributed by atoms with E-state index >= 15 is 0 Å². The van der Waals surface area contributed by atoms with E-state index in [1.807, 2.05) is 97.1 Å². The fourth-order valence-electron chi connectivity index (χ4n) is 8.36. The normalized spacial score (nSPS) is 11.2. The second-order valence-electron chi connectivity index (χ2n) is 15.5. The van der Waals surface area contributed by atoms with Crippen LogP contribution in [0.25, 0.3) is 112 Å². The molecule has 2 aromatic heterocycles. The number of benzene rings is 9. The van der Waals surface area contributed by atoms with Gasteiger partial charge in [-0.15, -0.1) is 0 Å². The number of nitriles is 1. The molecule has 0 fully saturated rings. The highest BCUT2D eigenvalue weighted by Gasteiger charge is 2.20. The summed E-state index contributed by atoms with van der Waals surface area (Å²) in [6.07, 6.45) is 0. The third-order valence-electron chi connectivity index (χ3n) is 11.6. The first kappa shape index (κ1) is 37.3. The van der Waals surface area contributed by atoms with Crippen LogP contribution in [0.3, 0.4) is 0 Å². The largest absolute Gasteiger partial charge is 0.456 e. The van der Waals surface area contributed by atoms with Crippen LogP contribution in [-0.2, 0) is 0 Å². The molecule has 294 valence electrons. The van der Waals surface area contributed by atoms with Gasteiger partial charge in [-0.05, 0) is 110 Å². The number of para-hydroxylation sites is 1. The van der Waals surface area contributed by atoms with E-state index in [2.05, 4.69) is 127 Å². The lowest BCUT2D eigenvalue weighted by Gasteiger charge is -2.13. The maximum absolute atomic E-state index is 9.51. The first-order valence-electron chi connectivity index (χ1n) is 20.9. The predicted octanol–water partition coefficient (Wildman–Crippen LogP) is 15.0. The summed E-state index contributed by atoms with van der Waals surface area (Å²) >= 11 is 0. The SMILES string of the molecule is N#Cc1ccc(-c2cc(-c3ccc(-c4nc(-c5ccccc5)nc(-c5cc(-c6ccccc6)cc6oc7ccccc7c56)n4)cc3)cc(-c3cccc(-c4ccccc4)c3)c2)cc1. The molecule has 0 aliphatic heterocycles. The number of fused-ring (bicyclic) bond motifs is 3. The van der Waals surface area contributed by atoms with Crippen LogP contribution in [0.4, 0.5) is 0 Å². The lowest BCUT2D eigenvalue weighted by atomic mass is 9.91. The Morgan fingerprint density at radius 2 is 0.730 bits per heavy atom. The smallest absolute Gasteiger partial charge is 0.164 e. The Bertz CT molecular complexity index is 3480. The summed E-state index contributed by atoms with van der Waals surface area (Å²) in [7, 11) is 0. The summed E-state index contributed by atoms with van der Waals surface area (Å²) in [4.78, 5) is 15.5. The number of furan rings is 1. The van der Waals surface area contributed by atoms with E-state index < -0.39 is 0 Å². The molecule has 11 rings (SSSR count). The molecule has 5 nitrogen and oxygen atoms in total. The maximum atomic E-state index is 9.51. The molecule has 11 aromatic rings. The average Bonchev–Trinajstić information content (AvgIpc) is 3.75. The lowest BCUT2D eigenvalue weighted by molar-refractivity contribution is 0.669. The van der Waals surface area contributed by atoms with Gasteiger partial charge in [0.1, 0.15) is 11.2 Å².